The van der Waals surface area contributed by atoms with Gasteiger partial charge < -0.3 is 19.1 Å². The first kappa shape index (κ1) is 24.1. The fourth-order valence-corrected chi connectivity index (χ4v) is 4.74. The molecule has 0 spiro atoms. The van der Waals surface area contributed by atoms with Crippen LogP contribution in [0.15, 0.2) is 48.5 Å². The first-order valence-corrected chi connectivity index (χ1v) is 11.5. The van der Waals surface area contributed by atoms with Gasteiger partial charge in [0, 0.05) is 26.6 Å². The molecule has 1 saturated heterocycles. The number of methoxy groups -OCH3 is 2. The lowest BCUT2D eigenvalue weighted by Gasteiger charge is -2.40. The standard InChI is InChI=1S/C27H37NO4/c1-20(29)28(19-21-6-10-24(30-4)11-7-21)16-14-26(22-8-12-25(31-5)13-9-22)23-15-17-32-27(2,3)18-23/h6-13,23,26H,14-19H2,1-5H3/t23-,26-/m1/s1. The highest BCUT2D eigenvalue weighted by atomic mass is 16.5. The van der Waals surface area contributed by atoms with E-state index in [1.807, 2.05) is 41.3 Å². The number of amides is 1. The Morgan fingerprint density at radius 1 is 1.06 bits per heavy atom. The summed E-state index contributed by atoms with van der Waals surface area (Å²) < 4.78 is 16.6. The maximum absolute atomic E-state index is 12.4. The Labute approximate surface area is 192 Å². The van der Waals surface area contributed by atoms with Gasteiger partial charge in [-0.1, -0.05) is 24.3 Å². The molecule has 3 rings (SSSR count). The van der Waals surface area contributed by atoms with E-state index in [0.29, 0.717) is 18.4 Å². The van der Waals surface area contributed by atoms with Crippen molar-refractivity contribution in [1.82, 2.24) is 4.90 Å². The molecule has 0 bridgehead atoms. The highest BCUT2D eigenvalue weighted by molar-refractivity contribution is 5.73. The first-order valence-electron chi connectivity index (χ1n) is 11.5. The maximum atomic E-state index is 12.4. The fourth-order valence-electron chi connectivity index (χ4n) is 4.74. The minimum Gasteiger partial charge on any atom is -0.497 e. The third-order valence-corrected chi connectivity index (χ3v) is 6.54. The van der Waals surface area contributed by atoms with Crippen LogP contribution in [0.4, 0.5) is 0 Å². The average molecular weight is 440 g/mol. The van der Waals surface area contributed by atoms with Gasteiger partial charge in [-0.25, -0.2) is 0 Å². The van der Waals surface area contributed by atoms with E-state index in [9.17, 15) is 4.79 Å². The minimum absolute atomic E-state index is 0.0987. The Kier molecular flexibility index (Phi) is 8.19. The number of nitrogens with zero attached hydrogens (tertiary/aromatic N) is 1. The van der Waals surface area contributed by atoms with Crippen LogP contribution in [0.1, 0.15) is 57.1 Å². The first-order chi connectivity index (χ1) is 15.3. The van der Waals surface area contributed by atoms with Gasteiger partial charge in [-0.3, -0.25) is 4.79 Å². The number of hydrogen-bond acceptors (Lipinski definition) is 4. The fraction of sp³-hybridized carbons (Fsp3) is 0.519. The topological polar surface area (TPSA) is 48.0 Å². The molecule has 1 amide bonds. The molecule has 0 N–H and O–H groups in total. The SMILES string of the molecule is COc1ccc(CN(CC[C@H](c2ccc(OC)cc2)[C@@H]2CCOC(C)(C)C2)C(C)=O)cc1. The number of carbonyl (C=O) groups excluding carboxylic acids is 1. The summed E-state index contributed by atoms with van der Waals surface area (Å²) >= 11 is 0. The number of carbonyl (C=O) groups is 1. The van der Waals surface area contributed by atoms with Crippen LogP contribution in [0.25, 0.3) is 0 Å². The van der Waals surface area contributed by atoms with E-state index in [1.54, 1.807) is 21.1 Å². The summed E-state index contributed by atoms with van der Waals surface area (Å²) in [6.45, 7) is 8.12. The van der Waals surface area contributed by atoms with Crippen LogP contribution < -0.4 is 9.47 Å². The molecule has 5 nitrogen and oxygen atoms in total. The van der Waals surface area contributed by atoms with Gasteiger partial charge in [-0.15, -0.1) is 0 Å². The van der Waals surface area contributed by atoms with Crippen LogP contribution in [0.3, 0.4) is 0 Å². The van der Waals surface area contributed by atoms with Gasteiger partial charge in [0.1, 0.15) is 11.5 Å². The molecule has 0 aliphatic carbocycles. The highest BCUT2D eigenvalue weighted by Crippen LogP contribution is 2.40. The molecule has 0 aromatic heterocycles. The van der Waals surface area contributed by atoms with E-state index in [1.165, 1.54) is 5.56 Å². The Morgan fingerprint density at radius 3 is 2.19 bits per heavy atom. The second-order valence-electron chi connectivity index (χ2n) is 9.32. The van der Waals surface area contributed by atoms with Gasteiger partial charge in [-0.05, 0) is 80.3 Å². The van der Waals surface area contributed by atoms with Crippen molar-refractivity contribution in [2.75, 3.05) is 27.4 Å². The van der Waals surface area contributed by atoms with E-state index in [-0.39, 0.29) is 11.5 Å². The zero-order valence-corrected chi connectivity index (χ0v) is 20.1. The third kappa shape index (κ3) is 6.49. The second-order valence-corrected chi connectivity index (χ2v) is 9.32. The van der Waals surface area contributed by atoms with Crippen molar-refractivity contribution >= 4 is 5.91 Å². The van der Waals surface area contributed by atoms with Gasteiger partial charge in [0.2, 0.25) is 5.91 Å². The molecule has 0 radical (unpaired) electrons. The number of rotatable bonds is 9. The molecular formula is C27H37NO4. The van der Waals surface area contributed by atoms with Crippen LogP contribution in [-0.4, -0.2) is 43.8 Å². The van der Waals surface area contributed by atoms with Crippen LogP contribution in [0, 0.1) is 5.92 Å². The van der Waals surface area contributed by atoms with Crippen molar-refractivity contribution in [3.63, 3.8) is 0 Å². The van der Waals surface area contributed by atoms with E-state index in [2.05, 4.69) is 26.0 Å². The Bertz CT molecular complexity index is 860. The summed E-state index contributed by atoms with van der Waals surface area (Å²) in [5, 5.41) is 0. The van der Waals surface area contributed by atoms with E-state index < -0.39 is 0 Å². The Hall–Kier alpha value is -2.53. The average Bonchev–Trinajstić information content (AvgIpc) is 2.78. The van der Waals surface area contributed by atoms with Gasteiger partial charge in [0.25, 0.3) is 0 Å². The van der Waals surface area contributed by atoms with Crippen molar-refractivity contribution in [3.05, 3.63) is 59.7 Å². The Morgan fingerprint density at radius 2 is 1.66 bits per heavy atom. The van der Waals surface area contributed by atoms with Crippen molar-refractivity contribution in [2.24, 2.45) is 5.92 Å². The van der Waals surface area contributed by atoms with Crippen molar-refractivity contribution in [3.8, 4) is 11.5 Å². The normalized spacial score (nSPS) is 18.6. The lowest BCUT2D eigenvalue weighted by atomic mass is 9.75. The molecule has 1 fully saturated rings. The lowest BCUT2D eigenvalue weighted by Crippen LogP contribution is -2.37. The molecule has 2 aromatic rings. The molecule has 1 aliphatic rings. The maximum Gasteiger partial charge on any atom is 0.219 e. The summed E-state index contributed by atoms with van der Waals surface area (Å²) in [6.07, 6.45) is 2.98. The molecular weight excluding hydrogens is 402 g/mol. The number of ether oxygens (including phenoxy) is 3. The number of benzene rings is 2. The van der Waals surface area contributed by atoms with Crippen LogP contribution in [0.5, 0.6) is 11.5 Å². The predicted molar refractivity (Wildman–Crippen MR) is 127 cm³/mol. The summed E-state index contributed by atoms with van der Waals surface area (Å²) in [6, 6.07) is 16.4. The minimum atomic E-state index is -0.114. The monoisotopic (exact) mass is 439 g/mol. The van der Waals surface area contributed by atoms with Gasteiger partial charge in [-0.2, -0.15) is 0 Å². The van der Waals surface area contributed by atoms with Gasteiger partial charge >= 0.3 is 0 Å². The van der Waals surface area contributed by atoms with E-state index >= 15 is 0 Å². The number of hydrogen-bond donors (Lipinski definition) is 0. The predicted octanol–water partition coefficient (Wildman–Crippen LogP) is 5.43. The highest BCUT2D eigenvalue weighted by Gasteiger charge is 2.34. The lowest BCUT2D eigenvalue weighted by molar-refractivity contribution is -0.129. The van der Waals surface area contributed by atoms with E-state index in [4.69, 9.17) is 14.2 Å². The largest absolute Gasteiger partial charge is 0.497 e. The molecule has 32 heavy (non-hydrogen) atoms. The smallest absolute Gasteiger partial charge is 0.219 e. The third-order valence-electron chi connectivity index (χ3n) is 6.54. The van der Waals surface area contributed by atoms with Crippen LogP contribution in [0.2, 0.25) is 0 Å². The van der Waals surface area contributed by atoms with Gasteiger partial charge in [0.15, 0.2) is 0 Å². The zero-order chi connectivity index (χ0) is 23.1. The van der Waals surface area contributed by atoms with Crippen molar-refractivity contribution in [2.45, 2.75) is 58.1 Å². The van der Waals surface area contributed by atoms with Crippen LogP contribution >= 0.6 is 0 Å². The second kappa shape index (κ2) is 10.9. The molecule has 0 saturated carbocycles. The summed E-state index contributed by atoms with van der Waals surface area (Å²) in [7, 11) is 3.35. The molecule has 2 atom stereocenters. The van der Waals surface area contributed by atoms with Crippen molar-refractivity contribution in [1.29, 1.82) is 0 Å². The van der Waals surface area contributed by atoms with Crippen LogP contribution in [-0.2, 0) is 16.1 Å². The van der Waals surface area contributed by atoms with E-state index in [0.717, 1.165) is 49.5 Å². The molecule has 5 heteroatoms. The molecule has 2 aromatic carbocycles. The zero-order valence-electron chi connectivity index (χ0n) is 20.1. The summed E-state index contributed by atoms with van der Waals surface area (Å²) in [5.74, 6) is 2.67. The Balaban J connectivity index is 1.76. The molecule has 1 aliphatic heterocycles. The quantitative estimate of drug-likeness (QED) is 0.523. The van der Waals surface area contributed by atoms with Crippen molar-refractivity contribution < 1.29 is 19.0 Å². The summed E-state index contributed by atoms with van der Waals surface area (Å²) in [5.41, 5.74) is 2.30. The van der Waals surface area contributed by atoms with Gasteiger partial charge in [0.05, 0.1) is 19.8 Å². The summed E-state index contributed by atoms with van der Waals surface area (Å²) in [4.78, 5) is 14.4. The molecule has 174 valence electrons. The molecule has 0 unspecified atom stereocenters. The molecule has 1 heterocycles.